The number of halogens is 2. The first-order chi connectivity index (χ1) is 10.2. The number of hydrogen-bond donors (Lipinski definition) is 0. The fourth-order valence-electron chi connectivity index (χ4n) is 2.20. The van der Waals surface area contributed by atoms with Gasteiger partial charge in [0.2, 0.25) is 5.89 Å². The zero-order valence-electron chi connectivity index (χ0n) is 11.4. The molecule has 3 rings (SSSR count). The Balaban J connectivity index is 1.92. The van der Waals surface area contributed by atoms with Crippen LogP contribution in [0.25, 0.3) is 11.2 Å². The minimum absolute atomic E-state index is 0.520. The van der Waals surface area contributed by atoms with E-state index in [4.69, 9.17) is 16.1 Å². The van der Waals surface area contributed by atoms with Gasteiger partial charge in [0, 0.05) is 42.9 Å². The summed E-state index contributed by atoms with van der Waals surface area (Å²) in [4.78, 5) is 13.3. The van der Waals surface area contributed by atoms with E-state index in [1.807, 2.05) is 6.07 Å². The minimum Gasteiger partial charge on any atom is -0.340 e. The number of alkyl halides is 1. The van der Waals surface area contributed by atoms with E-state index in [0.717, 1.165) is 21.5 Å². The second-order valence-electron chi connectivity index (χ2n) is 4.59. The molecule has 0 fully saturated rings. The van der Waals surface area contributed by atoms with Crippen LogP contribution in [0.2, 0.25) is 0 Å². The van der Waals surface area contributed by atoms with Gasteiger partial charge in [-0.2, -0.15) is 4.98 Å². The zero-order chi connectivity index (χ0) is 14.8. The van der Waals surface area contributed by atoms with Crippen LogP contribution >= 0.6 is 27.5 Å². The van der Waals surface area contributed by atoms with Crippen molar-refractivity contribution in [3.63, 3.8) is 0 Å². The summed E-state index contributed by atoms with van der Waals surface area (Å²) in [6.07, 6.45) is 3.13. The second kappa shape index (κ2) is 6.11. The van der Waals surface area contributed by atoms with Gasteiger partial charge in [-0.3, -0.25) is 0 Å². The molecule has 0 radical (unpaired) electrons. The number of aryl methyl sites for hydroxylation is 4. The van der Waals surface area contributed by atoms with Crippen molar-refractivity contribution in [1.82, 2.24) is 24.7 Å². The maximum atomic E-state index is 5.86. The summed E-state index contributed by atoms with van der Waals surface area (Å²) >= 11 is 9.28. The Bertz CT molecular complexity index is 769. The third kappa shape index (κ3) is 3.08. The lowest BCUT2D eigenvalue weighted by Gasteiger charge is -2.05. The molecule has 0 aliphatic carbocycles. The fourth-order valence-corrected chi connectivity index (χ4v) is 2.69. The van der Waals surface area contributed by atoms with Crippen molar-refractivity contribution in [3.8, 4) is 0 Å². The molecular weight excluding hydrogens is 358 g/mol. The molecule has 0 unspecified atom stereocenters. The molecule has 0 bridgehead atoms. The van der Waals surface area contributed by atoms with E-state index >= 15 is 0 Å². The molecule has 8 heteroatoms. The summed E-state index contributed by atoms with van der Waals surface area (Å²) in [7, 11) is 0. The molecule has 110 valence electrons. The topological polar surface area (TPSA) is 69.6 Å². The van der Waals surface area contributed by atoms with Crippen molar-refractivity contribution >= 4 is 38.7 Å². The zero-order valence-corrected chi connectivity index (χ0v) is 13.7. The number of imidazole rings is 1. The number of fused-ring (bicyclic) bond motifs is 1. The molecule has 0 amide bonds. The molecular formula is C13H13BrClN5O. The smallest absolute Gasteiger partial charge is 0.223 e. The van der Waals surface area contributed by atoms with Crippen molar-refractivity contribution in [1.29, 1.82) is 0 Å². The highest BCUT2D eigenvalue weighted by atomic mass is 79.9. The molecule has 3 heterocycles. The summed E-state index contributed by atoms with van der Waals surface area (Å²) in [5, 5.41) is 3.91. The van der Waals surface area contributed by atoms with Gasteiger partial charge in [0.25, 0.3) is 0 Å². The molecule has 0 atom stereocenters. The van der Waals surface area contributed by atoms with Crippen molar-refractivity contribution in [3.05, 3.63) is 34.3 Å². The van der Waals surface area contributed by atoms with E-state index < -0.39 is 0 Å². The SMILES string of the molecule is Cc1nc(CCn2c(CCCl)nc3cc(Br)cnc32)no1. The van der Waals surface area contributed by atoms with Gasteiger partial charge in [-0.1, -0.05) is 5.16 Å². The van der Waals surface area contributed by atoms with Crippen LogP contribution in [0.4, 0.5) is 0 Å². The van der Waals surface area contributed by atoms with Crippen LogP contribution in [0.1, 0.15) is 17.5 Å². The van der Waals surface area contributed by atoms with Crippen molar-refractivity contribution < 1.29 is 4.52 Å². The third-order valence-corrected chi connectivity index (χ3v) is 3.70. The molecule has 0 saturated heterocycles. The highest BCUT2D eigenvalue weighted by Crippen LogP contribution is 2.19. The lowest BCUT2D eigenvalue weighted by Crippen LogP contribution is -2.08. The first-order valence-electron chi connectivity index (χ1n) is 6.53. The molecule has 3 aromatic heterocycles. The monoisotopic (exact) mass is 369 g/mol. The standard InChI is InChI=1S/C13H13BrClN5O/c1-8-17-11(19-21-8)3-5-20-12(2-4-15)18-10-6-9(14)7-16-13(10)20/h6-7H,2-5H2,1H3. The van der Waals surface area contributed by atoms with Gasteiger partial charge >= 0.3 is 0 Å². The van der Waals surface area contributed by atoms with Crippen LogP contribution in [-0.4, -0.2) is 30.6 Å². The maximum absolute atomic E-state index is 5.86. The maximum Gasteiger partial charge on any atom is 0.223 e. The summed E-state index contributed by atoms with van der Waals surface area (Å²) in [6, 6.07) is 1.95. The Morgan fingerprint density at radius 2 is 2.19 bits per heavy atom. The number of aromatic nitrogens is 5. The Hall–Kier alpha value is -1.47. The normalized spacial score (nSPS) is 11.4. The molecule has 0 aromatic carbocycles. The van der Waals surface area contributed by atoms with E-state index in [9.17, 15) is 0 Å². The lowest BCUT2D eigenvalue weighted by atomic mass is 10.3. The van der Waals surface area contributed by atoms with Crippen LogP contribution in [-0.2, 0) is 19.4 Å². The van der Waals surface area contributed by atoms with Gasteiger partial charge in [0.05, 0.1) is 0 Å². The summed E-state index contributed by atoms with van der Waals surface area (Å²) in [6.45, 7) is 2.47. The van der Waals surface area contributed by atoms with Gasteiger partial charge < -0.3 is 9.09 Å². The van der Waals surface area contributed by atoms with Gasteiger partial charge in [-0.15, -0.1) is 11.6 Å². The molecule has 3 aromatic rings. The largest absolute Gasteiger partial charge is 0.340 e. The molecule has 0 aliphatic rings. The van der Waals surface area contributed by atoms with Gasteiger partial charge in [0.15, 0.2) is 11.5 Å². The van der Waals surface area contributed by atoms with Crippen LogP contribution in [0.5, 0.6) is 0 Å². The van der Waals surface area contributed by atoms with Crippen LogP contribution in [0.3, 0.4) is 0 Å². The van der Waals surface area contributed by atoms with Crippen molar-refractivity contribution in [2.24, 2.45) is 0 Å². The summed E-state index contributed by atoms with van der Waals surface area (Å²) in [5.74, 6) is 2.70. The highest BCUT2D eigenvalue weighted by Gasteiger charge is 2.13. The highest BCUT2D eigenvalue weighted by molar-refractivity contribution is 9.10. The van der Waals surface area contributed by atoms with E-state index in [1.165, 1.54) is 0 Å². The summed E-state index contributed by atoms with van der Waals surface area (Å²) in [5.41, 5.74) is 1.70. The minimum atomic E-state index is 0.520. The number of nitrogens with zero attached hydrogens (tertiary/aromatic N) is 5. The van der Waals surface area contributed by atoms with Crippen molar-refractivity contribution in [2.45, 2.75) is 26.3 Å². The Labute approximate surface area is 134 Å². The van der Waals surface area contributed by atoms with Crippen molar-refractivity contribution in [2.75, 3.05) is 5.88 Å². The van der Waals surface area contributed by atoms with Gasteiger partial charge in [-0.05, 0) is 22.0 Å². The molecule has 0 saturated carbocycles. The fraction of sp³-hybridized carbons (Fsp3) is 0.385. The lowest BCUT2D eigenvalue weighted by molar-refractivity contribution is 0.386. The van der Waals surface area contributed by atoms with Crippen LogP contribution in [0.15, 0.2) is 21.3 Å². The number of hydrogen-bond acceptors (Lipinski definition) is 5. The van der Waals surface area contributed by atoms with E-state index in [0.29, 0.717) is 37.0 Å². The molecule has 21 heavy (non-hydrogen) atoms. The molecule has 0 spiro atoms. The Morgan fingerprint density at radius 1 is 1.33 bits per heavy atom. The predicted octanol–water partition coefficient (Wildman–Crippen LogP) is 2.91. The predicted molar refractivity (Wildman–Crippen MR) is 82.4 cm³/mol. The van der Waals surface area contributed by atoms with Gasteiger partial charge in [-0.25, -0.2) is 9.97 Å². The molecule has 6 nitrogen and oxygen atoms in total. The van der Waals surface area contributed by atoms with E-state index in [2.05, 4.69) is 40.6 Å². The average Bonchev–Trinajstić information content (AvgIpc) is 3.00. The Kier molecular flexibility index (Phi) is 4.21. The first-order valence-corrected chi connectivity index (χ1v) is 7.86. The first kappa shape index (κ1) is 14.5. The third-order valence-electron chi connectivity index (χ3n) is 3.08. The van der Waals surface area contributed by atoms with E-state index in [-0.39, 0.29) is 0 Å². The molecule has 0 aliphatic heterocycles. The molecule has 0 N–H and O–H groups in total. The average molecular weight is 371 g/mol. The van der Waals surface area contributed by atoms with Crippen LogP contribution < -0.4 is 0 Å². The number of pyridine rings is 1. The van der Waals surface area contributed by atoms with E-state index in [1.54, 1.807) is 13.1 Å². The summed E-state index contributed by atoms with van der Waals surface area (Å²) < 4.78 is 7.96. The Morgan fingerprint density at radius 3 is 2.90 bits per heavy atom. The quantitative estimate of drug-likeness (QED) is 0.646. The van der Waals surface area contributed by atoms with Crippen LogP contribution in [0, 0.1) is 6.92 Å². The number of rotatable bonds is 5. The second-order valence-corrected chi connectivity index (χ2v) is 5.89. The van der Waals surface area contributed by atoms with Gasteiger partial charge in [0.1, 0.15) is 11.3 Å².